The molecule has 2 unspecified atom stereocenters. The van der Waals surface area contributed by atoms with E-state index in [0.717, 1.165) is 36.6 Å². The molecular weight excluding hydrogens is 360 g/mol. The predicted molar refractivity (Wildman–Crippen MR) is 107 cm³/mol. The van der Waals surface area contributed by atoms with Crippen LogP contribution in [0.1, 0.15) is 28.4 Å². The Kier molecular flexibility index (Phi) is 5.17. The van der Waals surface area contributed by atoms with E-state index in [1.165, 1.54) is 16.7 Å². The fourth-order valence-electron chi connectivity index (χ4n) is 4.24. The van der Waals surface area contributed by atoms with Crippen LogP contribution in [0.15, 0.2) is 36.5 Å². The molecule has 4 rings (SSSR count). The number of aromatic nitrogens is 1. The first-order valence-corrected chi connectivity index (χ1v) is 9.83. The lowest BCUT2D eigenvalue weighted by atomic mass is 9.95. The lowest BCUT2D eigenvalue weighted by Crippen LogP contribution is -2.57. The van der Waals surface area contributed by atoms with Crippen molar-refractivity contribution in [1.82, 2.24) is 20.1 Å². The molecule has 1 aliphatic heterocycles. The second-order valence-electron chi connectivity index (χ2n) is 7.53. The van der Waals surface area contributed by atoms with Crippen LogP contribution in [-0.4, -0.2) is 60.5 Å². The third-order valence-corrected chi connectivity index (χ3v) is 5.79. The monoisotopic (exact) mass is 384 g/mol. The van der Waals surface area contributed by atoms with E-state index in [2.05, 4.69) is 28.4 Å². The van der Waals surface area contributed by atoms with Gasteiger partial charge in [-0.15, -0.1) is 0 Å². The minimum Gasteiger partial charge on any atom is -0.347 e. The summed E-state index contributed by atoms with van der Waals surface area (Å²) < 4.78 is 0. The summed E-state index contributed by atoms with van der Waals surface area (Å²) in [5.41, 5.74) is 4.93. The van der Waals surface area contributed by atoms with E-state index in [0.29, 0.717) is 6.54 Å². The minimum absolute atomic E-state index is 0.0514. The molecule has 2 aliphatic rings. The molecule has 1 aromatic carbocycles. The van der Waals surface area contributed by atoms with Crippen molar-refractivity contribution in [2.75, 3.05) is 33.7 Å². The largest absolute Gasteiger partial charge is 0.347 e. The van der Waals surface area contributed by atoms with Crippen LogP contribution in [0.5, 0.6) is 0 Å². The number of hydrogen-bond acceptors (Lipinski definition) is 4. The summed E-state index contributed by atoms with van der Waals surface area (Å²) in [6, 6.07) is 10.2. The highest BCUT2D eigenvalue weighted by Gasteiger charge is 2.35. The van der Waals surface area contributed by atoms with Crippen LogP contribution in [0.3, 0.4) is 0 Å². The first-order chi connectivity index (χ1) is 13.0. The van der Waals surface area contributed by atoms with Crippen molar-refractivity contribution in [1.29, 1.82) is 0 Å². The molecule has 0 saturated carbocycles. The van der Waals surface area contributed by atoms with E-state index in [-0.39, 0.29) is 18.0 Å². The predicted octanol–water partition coefficient (Wildman–Crippen LogP) is 2.28. The number of fused-ring (bicyclic) bond motifs is 2. The number of likely N-dealkylation sites (N-methyl/N-ethyl adjacent to an activating group) is 1. The van der Waals surface area contributed by atoms with Crippen LogP contribution < -0.4 is 5.32 Å². The zero-order chi connectivity index (χ0) is 19.0. The number of hydrogen-bond donors (Lipinski definition) is 1. The second kappa shape index (κ2) is 7.58. The molecule has 1 aliphatic carbocycles. The number of pyridine rings is 1. The van der Waals surface area contributed by atoms with Crippen LogP contribution in [0, 0.1) is 0 Å². The third kappa shape index (κ3) is 3.59. The second-order valence-corrected chi connectivity index (χ2v) is 7.96. The Hall–Kier alpha value is -1.95. The Morgan fingerprint density at radius 2 is 2.07 bits per heavy atom. The molecule has 2 atom stereocenters. The Balaban J connectivity index is 1.75. The molecule has 142 valence electrons. The normalized spacial score (nSPS) is 22.5. The van der Waals surface area contributed by atoms with Gasteiger partial charge >= 0.3 is 0 Å². The molecule has 2 aromatic rings. The Bertz CT molecular complexity index is 854. The van der Waals surface area contributed by atoms with Gasteiger partial charge in [0.2, 0.25) is 5.91 Å². The van der Waals surface area contributed by atoms with Crippen LogP contribution in [0.4, 0.5) is 0 Å². The fraction of sp³-hybridized carbons (Fsp3) is 0.429. The highest BCUT2D eigenvalue weighted by Crippen LogP contribution is 2.37. The standard InChI is InChI=1S/C21H25ClN4O/c1-25(2)21(27)18-13-26(11-10-23-18)20-17-8-7-16(22)12-15(17)6-5-14-4-3-9-24-19(14)20/h3-4,7-9,12,18,20,23H,5-6,10-11,13H2,1-2H3. The number of benzene rings is 1. The molecule has 1 saturated heterocycles. The molecular formula is C21H25ClN4O. The zero-order valence-electron chi connectivity index (χ0n) is 15.8. The molecule has 1 amide bonds. The molecule has 0 bridgehead atoms. The van der Waals surface area contributed by atoms with Gasteiger partial charge < -0.3 is 10.2 Å². The fourth-order valence-corrected chi connectivity index (χ4v) is 4.43. The van der Waals surface area contributed by atoms with Crippen molar-refractivity contribution in [3.8, 4) is 0 Å². The van der Waals surface area contributed by atoms with Gasteiger partial charge in [-0.05, 0) is 47.7 Å². The van der Waals surface area contributed by atoms with Crippen LogP contribution in [0.2, 0.25) is 5.02 Å². The maximum absolute atomic E-state index is 12.5. The summed E-state index contributed by atoms with van der Waals surface area (Å²) in [5, 5.41) is 4.14. The number of nitrogens with zero attached hydrogens (tertiary/aromatic N) is 3. The van der Waals surface area contributed by atoms with E-state index in [1.54, 1.807) is 4.90 Å². The number of amides is 1. The van der Waals surface area contributed by atoms with E-state index in [4.69, 9.17) is 16.6 Å². The maximum Gasteiger partial charge on any atom is 0.240 e. The van der Waals surface area contributed by atoms with E-state index < -0.39 is 0 Å². The summed E-state index contributed by atoms with van der Waals surface area (Å²) in [4.78, 5) is 21.4. The van der Waals surface area contributed by atoms with Gasteiger partial charge in [0.25, 0.3) is 0 Å². The number of aryl methyl sites for hydroxylation is 2. The maximum atomic E-state index is 12.5. The van der Waals surface area contributed by atoms with Crippen molar-refractivity contribution < 1.29 is 4.79 Å². The summed E-state index contributed by atoms with van der Waals surface area (Å²) >= 11 is 6.28. The summed E-state index contributed by atoms with van der Waals surface area (Å²) in [7, 11) is 3.62. The third-order valence-electron chi connectivity index (χ3n) is 5.56. The Labute approximate surface area is 165 Å². The summed E-state index contributed by atoms with van der Waals surface area (Å²) in [6.07, 6.45) is 3.79. The number of rotatable bonds is 2. The lowest BCUT2D eigenvalue weighted by Gasteiger charge is -2.39. The van der Waals surface area contributed by atoms with Crippen molar-refractivity contribution >= 4 is 17.5 Å². The summed E-state index contributed by atoms with van der Waals surface area (Å²) in [5.74, 6) is 0.117. The Morgan fingerprint density at radius 1 is 1.26 bits per heavy atom. The van der Waals surface area contributed by atoms with Gasteiger partial charge in [-0.2, -0.15) is 0 Å². The van der Waals surface area contributed by atoms with Crippen molar-refractivity contribution in [3.05, 3.63) is 63.9 Å². The number of nitrogens with one attached hydrogen (secondary N) is 1. The molecule has 1 N–H and O–H groups in total. The molecule has 5 nitrogen and oxygen atoms in total. The zero-order valence-corrected chi connectivity index (χ0v) is 16.5. The molecule has 1 fully saturated rings. The van der Waals surface area contributed by atoms with Crippen molar-refractivity contribution in [3.63, 3.8) is 0 Å². The first-order valence-electron chi connectivity index (χ1n) is 9.45. The topological polar surface area (TPSA) is 48.5 Å². The van der Waals surface area contributed by atoms with Gasteiger partial charge in [0, 0.05) is 44.9 Å². The highest BCUT2D eigenvalue weighted by atomic mass is 35.5. The Morgan fingerprint density at radius 3 is 2.89 bits per heavy atom. The van der Waals surface area contributed by atoms with E-state index in [9.17, 15) is 4.79 Å². The number of carbonyl (C=O) groups excluding carboxylic acids is 1. The molecule has 0 spiro atoms. The average molecular weight is 385 g/mol. The molecule has 27 heavy (non-hydrogen) atoms. The van der Waals surface area contributed by atoms with E-state index in [1.807, 2.05) is 32.4 Å². The van der Waals surface area contributed by atoms with Gasteiger partial charge in [0.15, 0.2) is 0 Å². The minimum atomic E-state index is -0.195. The molecule has 2 heterocycles. The van der Waals surface area contributed by atoms with Gasteiger partial charge in [-0.25, -0.2) is 0 Å². The number of halogens is 1. The van der Waals surface area contributed by atoms with Gasteiger partial charge in [-0.3, -0.25) is 14.7 Å². The smallest absolute Gasteiger partial charge is 0.240 e. The summed E-state index contributed by atoms with van der Waals surface area (Å²) in [6.45, 7) is 2.32. The molecule has 0 radical (unpaired) electrons. The number of piperazine rings is 1. The van der Waals surface area contributed by atoms with Crippen LogP contribution in [-0.2, 0) is 17.6 Å². The quantitative estimate of drug-likeness (QED) is 0.863. The van der Waals surface area contributed by atoms with Gasteiger partial charge in [0.05, 0.1) is 17.8 Å². The van der Waals surface area contributed by atoms with E-state index >= 15 is 0 Å². The van der Waals surface area contributed by atoms with Gasteiger partial charge in [-0.1, -0.05) is 23.7 Å². The molecule has 1 aromatic heterocycles. The number of carbonyl (C=O) groups is 1. The first kappa shape index (κ1) is 18.4. The molecule has 6 heteroatoms. The van der Waals surface area contributed by atoms with Crippen molar-refractivity contribution in [2.45, 2.75) is 24.9 Å². The highest BCUT2D eigenvalue weighted by molar-refractivity contribution is 6.30. The lowest BCUT2D eigenvalue weighted by molar-refractivity contribution is -0.132. The van der Waals surface area contributed by atoms with Crippen LogP contribution >= 0.6 is 11.6 Å². The average Bonchev–Trinajstić information content (AvgIpc) is 2.84. The van der Waals surface area contributed by atoms with Gasteiger partial charge in [0.1, 0.15) is 0 Å². The van der Waals surface area contributed by atoms with Crippen molar-refractivity contribution in [2.24, 2.45) is 0 Å². The SMILES string of the molecule is CN(C)C(=O)C1CN(C2c3ccc(Cl)cc3CCc3cccnc32)CCN1. The van der Waals surface area contributed by atoms with Crippen LogP contribution in [0.25, 0.3) is 0 Å².